The fourth-order valence-corrected chi connectivity index (χ4v) is 3.25. The zero-order chi connectivity index (χ0) is 15.4. The highest BCUT2D eigenvalue weighted by Crippen LogP contribution is 2.32. The summed E-state index contributed by atoms with van der Waals surface area (Å²) in [5, 5.41) is 8.78. The highest BCUT2D eigenvalue weighted by atomic mass is 32.2. The number of carbonyl (C=O) groups is 2. The van der Waals surface area contributed by atoms with Gasteiger partial charge in [0.2, 0.25) is 0 Å². The zero-order valence-corrected chi connectivity index (χ0v) is 13.2. The van der Waals surface area contributed by atoms with Gasteiger partial charge >= 0.3 is 5.97 Å². The van der Waals surface area contributed by atoms with Gasteiger partial charge in [0.1, 0.15) is 10.9 Å². The molecule has 1 fully saturated rings. The van der Waals surface area contributed by atoms with Gasteiger partial charge in [-0.25, -0.2) is 0 Å². The minimum atomic E-state index is -1.07. The minimum Gasteiger partial charge on any atom is -0.480 e. The second kappa shape index (κ2) is 6.87. The molecule has 4 nitrogen and oxygen atoms in total. The molecule has 1 heterocycles. The van der Waals surface area contributed by atoms with Gasteiger partial charge < -0.3 is 5.11 Å². The lowest BCUT2D eigenvalue weighted by Crippen LogP contribution is -2.33. The van der Waals surface area contributed by atoms with Crippen LogP contribution in [-0.2, 0) is 16.0 Å². The number of aliphatic carboxylic acids is 1. The Bertz CT molecular complexity index is 608. The highest BCUT2D eigenvalue weighted by Gasteiger charge is 2.33. The Kier molecular flexibility index (Phi) is 5.14. The first-order chi connectivity index (χ1) is 10.0. The van der Waals surface area contributed by atoms with E-state index in [9.17, 15) is 9.59 Å². The first kappa shape index (κ1) is 15.7. The number of thioether (sulfide) groups is 1. The van der Waals surface area contributed by atoms with E-state index in [2.05, 4.69) is 6.92 Å². The topological polar surface area (TPSA) is 57.6 Å². The molecule has 1 aliphatic rings. The van der Waals surface area contributed by atoms with E-state index in [0.29, 0.717) is 4.91 Å². The number of thiocarbonyl (C=S) groups is 1. The lowest BCUT2D eigenvalue weighted by molar-refractivity contribution is -0.140. The van der Waals surface area contributed by atoms with Crippen LogP contribution >= 0.6 is 24.0 Å². The number of hydrogen-bond acceptors (Lipinski definition) is 4. The molecule has 1 amide bonds. The molecule has 0 bridgehead atoms. The van der Waals surface area contributed by atoms with E-state index in [0.717, 1.165) is 35.1 Å². The summed E-state index contributed by atoms with van der Waals surface area (Å²) in [5.74, 6) is -1.42. The number of carboxylic acid groups (broad SMARTS) is 1. The summed E-state index contributed by atoms with van der Waals surface area (Å²) in [4.78, 5) is 24.4. The highest BCUT2D eigenvalue weighted by molar-refractivity contribution is 8.26. The summed E-state index contributed by atoms with van der Waals surface area (Å²) in [6, 6.07) is 7.98. The molecular weight excluding hydrogens is 306 g/mol. The Morgan fingerprint density at radius 2 is 2.05 bits per heavy atom. The normalized spacial score (nSPS) is 16.8. The summed E-state index contributed by atoms with van der Waals surface area (Å²) in [6.45, 7) is 1.74. The Hall–Kier alpha value is -1.66. The number of rotatable bonds is 5. The number of hydrogen-bond donors (Lipinski definition) is 1. The minimum absolute atomic E-state index is 0.288. The number of carboxylic acids is 1. The monoisotopic (exact) mass is 321 g/mol. The molecule has 2 rings (SSSR count). The number of nitrogens with zero attached hydrogens (tertiary/aromatic N) is 1. The molecule has 0 radical (unpaired) electrons. The molecule has 1 N–H and O–H groups in total. The predicted molar refractivity (Wildman–Crippen MR) is 88.0 cm³/mol. The Morgan fingerprint density at radius 3 is 2.62 bits per heavy atom. The average Bonchev–Trinajstić information content (AvgIpc) is 2.69. The van der Waals surface area contributed by atoms with Crippen LogP contribution in [0.25, 0.3) is 6.08 Å². The average molecular weight is 321 g/mol. The van der Waals surface area contributed by atoms with Gasteiger partial charge in [0.25, 0.3) is 5.91 Å². The molecule has 21 heavy (non-hydrogen) atoms. The lowest BCUT2D eigenvalue weighted by atomic mass is 10.1. The van der Waals surface area contributed by atoms with Crippen molar-refractivity contribution in [3.8, 4) is 0 Å². The van der Waals surface area contributed by atoms with Gasteiger partial charge in [0, 0.05) is 0 Å². The van der Waals surface area contributed by atoms with Crippen molar-refractivity contribution in [2.75, 3.05) is 6.54 Å². The largest absolute Gasteiger partial charge is 0.480 e. The Labute approximate surface area is 132 Å². The van der Waals surface area contributed by atoms with E-state index in [1.807, 2.05) is 24.3 Å². The maximum Gasteiger partial charge on any atom is 0.323 e. The van der Waals surface area contributed by atoms with Crippen molar-refractivity contribution in [1.29, 1.82) is 0 Å². The molecule has 1 aromatic rings. The van der Waals surface area contributed by atoms with E-state index in [4.69, 9.17) is 17.3 Å². The van der Waals surface area contributed by atoms with Gasteiger partial charge in [-0.15, -0.1) is 0 Å². The maximum atomic E-state index is 12.1. The third kappa shape index (κ3) is 3.92. The van der Waals surface area contributed by atoms with Gasteiger partial charge in [-0.3, -0.25) is 14.5 Å². The SMILES string of the molecule is CCCc1ccc(C=C2SC(=S)N(CC(=O)O)C2=O)cc1. The van der Waals surface area contributed by atoms with Crippen LogP contribution in [0.3, 0.4) is 0 Å². The smallest absolute Gasteiger partial charge is 0.323 e. The van der Waals surface area contributed by atoms with Crippen LogP contribution in [-0.4, -0.2) is 32.7 Å². The molecule has 0 aromatic heterocycles. The number of amides is 1. The van der Waals surface area contributed by atoms with Crippen molar-refractivity contribution < 1.29 is 14.7 Å². The number of benzene rings is 1. The van der Waals surface area contributed by atoms with E-state index in [1.165, 1.54) is 5.56 Å². The van der Waals surface area contributed by atoms with Gasteiger partial charge in [-0.05, 0) is 23.6 Å². The summed E-state index contributed by atoms with van der Waals surface area (Å²) in [6.07, 6.45) is 3.87. The van der Waals surface area contributed by atoms with E-state index >= 15 is 0 Å². The Morgan fingerprint density at radius 1 is 1.38 bits per heavy atom. The molecule has 0 unspecified atom stereocenters. The number of aryl methyl sites for hydroxylation is 1. The van der Waals surface area contributed by atoms with Crippen LogP contribution < -0.4 is 0 Å². The fraction of sp³-hybridized carbons (Fsp3) is 0.267. The predicted octanol–water partition coefficient (Wildman–Crippen LogP) is 2.92. The van der Waals surface area contributed by atoms with Crippen LogP contribution in [0, 0.1) is 0 Å². The molecule has 0 saturated carbocycles. The quantitative estimate of drug-likeness (QED) is 0.667. The summed E-state index contributed by atoms with van der Waals surface area (Å²) < 4.78 is 0.288. The van der Waals surface area contributed by atoms with E-state index in [-0.39, 0.29) is 10.2 Å². The molecule has 0 spiro atoms. The van der Waals surface area contributed by atoms with Crippen molar-refractivity contribution in [1.82, 2.24) is 4.90 Å². The summed E-state index contributed by atoms with van der Waals surface area (Å²) in [5.41, 5.74) is 2.17. The molecule has 1 aliphatic heterocycles. The van der Waals surface area contributed by atoms with Crippen molar-refractivity contribution in [2.45, 2.75) is 19.8 Å². The molecule has 0 atom stereocenters. The van der Waals surface area contributed by atoms with E-state index < -0.39 is 12.5 Å². The first-order valence-electron chi connectivity index (χ1n) is 6.57. The third-order valence-corrected chi connectivity index (χ3v) is 4.36. The second-order valence-electron chi connectivity index (χ2n) is 4.65. The standard InChI is InChI=1S/C15H15NO3S2/c1-2-3-10-4-6-11(7-5-10)8-12-14(19)16(9-13(17)18)15(20)21-12/h4-8H,2-3,9H2,1H3,(H,17,18). The lowest BCUT2D eigenvalue weighted by Gasteiger charge is -2.10. The van der Waals surface area contributed by atoms with Crippen molar-refractivity contribution in [3.05, 3.63) is 40.3 Å². The van der Waals surface area contributed by atoms with Crippen LogP contribution in [0.2, 0.25) is 0 Å². The summed E-state index contributed by atoms with van der Waals surface area (Å²) >= 11 is 6.19. The molecule has 0 aliphatic carbocycles. The van der Waals surface area contributed by atoms with Gasteiger partial charge in [0.05, 0.1) is 4.91 Å². The van der Waals surface area contributed by atoms with Crippen LogP contribution in [0.15, 0.2) is 29.2 Å². The first-order valence-corrected chi connectivity index (χ1v) is 7.80. The van der Waals surface area contributed by atoms with Crippen LogP contribution in [0.5, 0.6) is 0 Å². The maximum absolute atomic E-state index is 12.1. The van der Waals surface area contributed by atoms with Crippen molar-refractivity contribution in [3.63, 3.8) is 0 Å². The molecule has 1 saturated heterocycles. The Balaban J connectivity index is 2.16. The molecule has 6 heteroatoms. The van der Waals surface area contributed by atoms with Crippen molar-refractivity contribution in [2.24, 2.45) is 0 Å². The second-order valence-corrected chi connectivity index (χ2v) is 6.33. The zero-order valence-electron chi connectivity index (χ0n) is 11.5. The molecular formula is C15H15NO3S2. The van der Waals surface area contributed by atoms with Gasteiger partial charge in [-0.1, -0.05) is 61.6 Å². The fourth-order valence-electron chi connectivity index (χ4n) is 1.99. The molecule has 1 aromatic carbocycles. The molecule has 110 valence electrons. The number of carbonyl (C=O) groups excluding carboxylic acids is 1. The van der Waals surface area contributed by atoms with Gasteiger partial charge in [-0.2, -0.15) is 0 Å². The third-order valence-electron chi connectivity index (χ3n) is 2.98. The van der Waals surface area contributed by atoms with Crippen LogP contribution in [0.1, 0.15) is 24.5 Å². The van der Waals surface area contributed by atoms with Gasteiger partial charge in [0.15, 0.2) is 0 Å². The van der Waals surface area contributed by atoms with Crippen molar-refractivity contribution >= 4 is 46.3 Å². The summed E-state index contributed by atoms with van der Waals surface area (Å²) in [7, 11) is 0. The van der Waals surface area contributed by atoms with Crippen LogP contribution in [0.4, 0.5) is 0 Å². The van der Waals surface area contributed by atoms with E-state index in [1.54, 1.807) is 6.08 Å².